The molecule has 2 rings (SSSR count). The highest BCUT2D eigenvalue weighted by Crippen LogP contribution is 2.28. The van der Waals surface area contributed by atoms with E-state index in [1.807, 2.05) is 17.5 Å². The quantitative estimate of drug-likeness (QED) is 0.877. The maximum Gasteiger partial charge on any atom is 0.255 e. The number of benzene rings is 1. The van der Waals surface area contributed by atoms with E-state index in [1.165, 1.54) is 0 Å². The number of nitrogens with one attached hydrogen (secondary N) is 1. The Hall–Kier alpha value is -1.52. The van der Waals surface area contributed by atoms with Gasteiger partial charge in [0.25, 0.3) is 5.91 Å². The number of ether oxygens (including phenoxy) is 1. The molecule has 0 spiro atoms. The first kappa shape index (κ1) is 15.9. The van der Waals surface area contributed by atoms with Crippen molar-refractivity contribution < 1.29 is 9.53 Å². The average molecular weight is 324 g/mol. The molecule has 0 saturated heterocycles. The van der Waals surface area contributed by atoms with Crippen LogP contribution < -0.4 is 10.1 Å². The van der Waals surface area contributed by atoms with Gasteiger partial charge < -0.3 is 10.1 Å². The number of carbonyl (C=O) groups excluding carboxylic acids is 1. The van der Waals surface area contributed by atoms with Crippen LogP contribution in [0.3, 0.4) is 0 Å². The number of methoxy groups -OCH3 is 1. The van der Waals surface area contributed by atoms with E-state index in [0.717, 1.165) is 4.88 Å². The lowest BCUT2D eigenvalue weighted by molar-refractivity contribution is 0.0923. The van der Waals surface area contributed by atoms with Gasteiger partial charge in [0.15, 0.2) is 0 Å². The first-order valence-electron chi connectivity index (χ1n) is 6.70. The Kier molecular flexibility index (Phi) is 5.26. The second kappa shape index (κ2) is 6.96. The molecule has 5 heteroatoms. The van der Waals surface area contributed by atoms with Gasteiger partial charge in [-0.15, -0.1) is 11.3 Å². The molecule has 1 aromatic carbocycles. The Morgan fingerprint density at radius 2 is 2.10 bits per heavy atom. The monoisotopic (exact) mass is 323 g/mol. The summed E-state index contributed by atoms with van der Waals surface area (Å²) in [4.78, 5) is 13.7. The molecule has 0 bridgehead atoms. The summed E-state index contributed by atoms with van der Waals surface area (Å²) >= 11 is 7.62. The lowest BCUT2D eigenvalue weighted by Crippen LogP contribution is -2.31. The molecule has 0 unspecified atom stereocenters. The average Bonchev–Trinajstić information content (AvgIpc) is 2.97. The van der Waals surface area contributed by atoms with Crippen molar-refractivity contribution >= 4 is 28.8 Å². The van der Waals surface area contributed by atoms with Crippen LogP contribution in [-0.4, -0.2) is 13.0 Å². The van der Waals surface area contributed by atoms with Crippen LogP contribution in [0.25, 0.3) is 0 Å². The Labute approximate surface area is 133 Å². The molecule has 0 saturated carbocycles. The standard InChI is InChI=1S/C16H18ClNO2S/c1-10(2)15(14-5-4-8-21-14)18-16(19)12-9-11(17)6-7-13(12)20-3/h4-10,15H,1-3H3,(H,18,19)/t15-/m1/s1. The fraction of sp³-hybridized carbons (Fsp3) is 0.312. The molecular weight excluding hydrogens is 306 g/mol. The fourth-order valence-electron chi connectivity index (χ4n) is 2.11. The second-order valence-corrected chi connectivity index (χ2v) is 6.47. The van der Waals surface area contributed by atoms with Gasteiger partial charge in [0.05, 0.1) is 18.7 Å². The summed E-state index contributed by atoms with van der Waals surface area (Å²) in [5.74, 6) is 0.629. The summed E-state index contributed by atoms with van der Waals surface area (Å²) in [5.41, 5.74) is 0.451. The highest BCUT2D eigenvalue weighted by atomic mass is 35.5. The van der Waals surface area contributed by atoms with Crippen molar-refractivity contribution in [3.05, 3.63) is 51.2 Å². The van der Waals surface area contributed by atoms with E-state index in [0.29, 0.717) is 16.3 Å². The number of thiophene rings is 1. The van der Waals surface area contributed by atoms with Crippen LogP contribution in [0.1, 0.15) is 35.1 Å². The van der Waals surface area contributed by atoms with Gasteiger partial charge in [-0.2, -0.15) is 0 Å². The van der Waals surface area contributed by atoms with Crippen molar-refractivity contribution in [3.8, 4) is 5.75 Å². The third-order valence-electron chi connectivity index (χ3n) is 3.21. The van der Waals surface area contributed by atoms with Gasteiger partial charge in [-0.3, -0.25) is 4.79 Å². The third kappa shape index (κ3) is 3.77. The van der Waals surface area contributed by atoms with Crippen LogP contribution in [0.4, 0.5) is 0 Å². The van der Waals surface area contributed by atoms with E-state index in [2.05, 4.69) is 19.2 Å². The minimum absolute atomic E-state index is 0.0267. The first-order chi connectivity index (χ1) is 10.0. The molecule has 1 aromatic heterocycles. The summed E-state index contributed by atoms with van der Waals surface area (Å²) in [6.07, 6.45) is 0. The SMILES string of the molecule is COc1ccc(Cl)cc1C(=O)N[C@@H](c1cccs1)C(C)C. The highest BCUT2D eigenvalue weighted by Gasteiger charge is 2.22. The molecule has 21 heavy (non-hydrogen) atoms. The van der Waals surface area contributed by atoms with Gasteiger partial charge in [0.1, 0.15) is 5.75 Å². The third-order valence-corrected chi connectivity index (χ3v) is 4.40. The predicted molar refractivity (Wildman–Crippen MR) is 87.4 cm³/mol. The number of hydrogen-bond donors (Lipinski definition) is 1. The van der Waals surface area contributed by atoms with E-state index in [-0.39, 0.29) is 17.9 Å². The summed E-state index contributed by atoms with van der Waals surface area (Å²) in [6, 6.07) is 9.03. The maximum atomic E-state index is 12.5. The van der Waals surface area contributed by atoms with Crippen molar-refractivity contribution in [2.75, 3.05) is 7.11 Å². The molecule has 0 aliphatic carbocycles. The Morgan fingerprint density at radius 1 is 1.33 bits per heavy atom. The summed E-state index contributed by atoms with van der Waals surface area (Å²) < 4.78 is 5.24. The summed E-state index contributed by atoms with van der Waals surface area (Å²) in [7, 11) is 1.54. The summed E-state index contributed by atoms with van der Waals surface area (Å²) in [5, 5.41) is 5.59. The molecule has 0 radical (unpaired) electrons. The second-order valence-electron chi connectivity index (χ2n) is 5.06. The molecule has 112 valence electrons. The first-order valence-corrected chi connectivity index (χ1v) is 7.96. The van der Waals surface area contributed by atoms with Crippen LogP contribution >= 0.6 is 22.9 Å². The van der Waals surface area contributed by atoms with E-state index >= 15 is 0 Å². The molecule has 3 nitrogen and oxygen atoms in total. The summed E-state index contributed by atoms with van der Waals surface area (Å²) in [6.45, 7) is 4.17. The van der Waals surface area contributed by atoms with E-state index in [9.17, 15) is 4.79 Å². The van der Waals surface area contributed by atoms with Gasteiger partial charge in [0.2, 0.25) is 0 Å². The zero-order valence-electron chi connectivity index (χ0n) is 12.2. The van der Waals surface area contributed by atoms with Crippen LogP contribution in [0, 0.1) is 5.92 Å². The molecular formula is C16H18ClNO2S. The van der Waals surface area contributed by atoms with Gasteiger partial charge in [0, 0.05) is 9.90 Å². The Morgan fingerprint density at radius 3 is 2.67 bits per heavy atom. The topological polar surface area (TPSA) is 38.3 Å². The maximum absolute atomic E-state index is 12.5. The smallest absolute Gasteiger partial charge is 0.255 e. The molecule has 1 N–H and O–H groups in total. The normalized spacial score (nSPS) is 12.2. The molecule has 1 atom stereocenters. The van der Waals surface area contributed by atoms with Crippen LogP contribution in [0.5, 0.6) is 5.75 Å². The molecule has 0 aliphatic heterocycles. The van der Waals surface area contributed by atoms with Gasteiger partial charge >= 0.3 is 0 Å². The number of amides is 1. The van der Waals surface area contributed by atoms with Crippen LogP contribution in [0.15, 0.2) is 35.7 Å². The fourth-order valence-corrected chi connectivity index (χ4v) is 3.23. The zero-order chi connectivity index (χ0) is 15.4. The number of hydrogen-bond acceptors (Lipinski definition) is 3. The minimum Gasteiger partial charge on any atom is -0.496 e. The number of carbonyl (C=O) groups is 1. The highest BCUT2D eigenvalue weighted by molar-refractivity contribution is 7.10. The number of halogens is 1. The van der Waals surface area contributed by atoms with E-state index in [1.54, 1.807) is 36.6 Å². The van der Waals surface area contributed by atoms with E-state index in [4.69, 9.17) is 16.3 Å². The molecule has 0 fully saturated rings. The minimum atomic E-state index is -0.179. The van der Waals surface area contributed by atoms with Crippen molar-refractivity contribution in [1.29, 1.82) is 0 Å². The zero-order valence-corrected chi connectivity index (χ0v) is 13.8. The van der Waals surface area contributed by atoms with Crippen molar-refractivity contribution in [3.63, 3.8) is 0 Å². The van der Waals surface area contributed by atoms with Gasteiger partial charge in [-0.05, 0) is 35.6 Å². The lowest BCUT2D eigenvalue weighted by atomic mass is 10.0. The molecule has 0 aliphatic rings. The van der Waals surface area contributed by atoms with Crippen molar-refractivity contribution in [2.45, 2.75) is 19.9 Å². The molecule has 1 amide bonds. The van der Waals surface area contributed by atoms with Gasteiger partial charge in [-0.25, -0.2) is 0 Å². The van der Waals surface area contributed by atoms with Crippen molar-refractivity contribution in [1.82, 2.24) is 5.32 Å². The lowest BCUT2D eigenvalue weighted by Gasteiger charge is -2.22. The van der Waals surface area contributed by atoms with Crippen molar-refractivity contribution in [2.24, 2.45) is 5.92 Å². The predicted octanol–water partition coefficient (Wildman–Crippen LogP) is 4.54. The largest absolute Gasteiger partial charge is 0.496 e. The van der Waals surface area contributed by atoms with E-state index < -0.39 is 0 Å². The van der Waals surface area contributed by atoms with Crippen LogP contribution in [-0.2, 0) is 0 Å². The van der Waals surface area contributed by atoms with Crippen LogP contribution in [0.2, 0.25) is 5.02 Å². The molecule has 1 heterocycles. The number of rotatable bonds is 5. The Balaban J connectivity index is 2.26. The Bertz CT molecular complexity index is 611. The molecule has 2 aromatic rings. The van der Waals surface area contributed by atoms with Gasteiger partial charge in [-0.1, -0.05) is 31.5 Å².